The summed E-state index contributed by atoms with van der Waals surface area (Å²) in [6, 6.07) is 10.9. The van der Waals surface area contributed by atoms with Crippen molar-refractivity contribution in [1.29, 1.82) is 0 Å². The normalized spacial score (nSPS) is 23.6. The lowest BCUT2D eigenvalue weighted by molar-refractivity contribution is 0.475. The molecule has 3 nitrogen and oxygen atoms in total. The van der Waals surface area contributed by atoms with Gasteiger partial charge in [-0.15, -0.1) is 0 Å². The zero-order valence-corrected chi connectivity index (χ0v) is 8.24. The number of hydrogen-bond acceptors (Lipinski definition) is 3. The monoisotopic (exact) mass is 191 g/mol. The molecule has 1 aliphatic heterocycles. The predicted molar refractivity (Wildman–Crippen MR) is 57.5 cm³/mol. The molecular weight excluding hydrogens is 174 g/mol. The first-order valence-corrected chi connectivity index (χ1v) is 5.15. The van der Waals surface area contributed by atoms with Gasteiger partial charge in [0.05, 0.1) is 0 Å². The van der Waals surface area contributed by atoms with Crippen molar-refractivity contribution in [2.45, 2.75) is 24.9 Å². The van der Waals surface area contributed by atoms with Crippen molar-refractivity contribution in [3.05, 3.63) is 35.9 Å². The van der Waals surface area contributed by atoms with Gasteiger partial charge in [-0.25, -0.2) is 0 Å². The Labute approximate surface area is 84.7 Å². The average molecular weight is 191 g/mol. The minimum absolute atomic E-state index is 0.147. The second-order valence-electron chi connectivity index (χ2n) is 3.81. The molecule has 1 aromatic rings. The van der Waals surface area contributed by atoms with Crippen molar-refractivity contribution in [3.63, 3.8) is 0 Å². The van der Waals surface area contributed by atoms with Gasteiger partial charge in [-0.2, -0.15) is 0 Å². The number of nitrogens with one attached hydrogen (secondary N) is 2. The van der Waals surface area contributed by atoms with Crippen LogP contribution in [0.4, 0.5) is 0 Å². The van der Waals surface area contributed by atoms with Gasteiger partial charge in [-0.1, -0.05) is 30.3 Å². The van der Waals surface area contributed by atoms with Crippen LogP contribution < -0.4 is 16.6 Å². The van der Waals surface area contributed by atoms with E-state index < -0.39 is 0 Å². The van der Waals surface area contributed by atoms with Crippen molar-refractivity contribution < 1.29 is 0 Å². The van der Waals surface area contributed by atoms with Gasteiger partial charge in [-0.05, 0) is 18.4 Å². The zero-order chi connectivity index (χ0) is 9.80. The van der Waals surface area contributed by atoms with Gasteiger partial charge in [0.1, 0.15) is 0 Å². The molecule has 0 spiro atoms. The summed E-state index contributed by atoms with van der Waals surface area (Å²) in [6.45, 7) is 1.05. The van der Waals surface area contributed by atoms with Crippen molar-refractivity contribution in [2.24, 2.45) is 5.73 Å². The minimum atomic E-state index is 0.147. The molecule has 2 rings (SSSR count). The Morgan fingerprint density at radius 2 is 2.14 bits per heavy atom. The third-order valence-electron chi connectivity index (χ3n) is 2.69. The summed E-state index contributed by atoms with van der Waals surface area (Å²) in [4.78, 5) is 0. The molecule has 2 atom stereocenters. The molecule has 0 bridgehead atoms. The maximum absolute atomic E-state index is 6.11. The van der Waals surface area contributed by atoms with E-state index in [0.29, 0.717) is 6.04 Å². The molecule has 0 radical (unpaired) electrons. The van der Waals surface area contributed by atoms with Crippen molar-refractivity contribution in [1.82, 2.24) is 10.9 Å². The summed E-state index contributed by atoms with van der Waals surface area (Å²) in [6.07, 6.45) is 2.16. The number of benzene rings is 1. The standard InChI is InChI=1S/C11H17N3/c12-11(8-10-6-7-13-14-10)9-4-2-1-3-5-9/h1-5,10-11,13-14H,6-8,12H2. The smallest absolute Gasteiger partial charge is 0.0310 e. The van der Waals surface area contributed by atoms with Crippen LogP contribution in [0.3, 0.4) is 0 Å². The van der Waals surface area contributed by atoms with Gasteiger partial charge < -0.3 is 5.73 Å². The Morgan fingerprint density at radius 3 is 2.79 bits per heavy atom. The summed E-state index contributed by atoms with van der Waals surface area (Å²) in [5.41, 5.74) is 13.7. The van der Waals surface area contributed by atoms with Crippen molar-refractivity contribution in [2.75, 3.05) is 6.54 Å². The molecule has 0 saturated carbocycles. The highest BCUT2D eigenvalue weighted by atomic mass is 15.4. The van der Waals surface area contributed by atoms with Gasteiger partial charge in [0.25, 0.3) is 0 Å². The van der Waals surface area contributed by atoms with Crippen LogP contribution in [0, 0.1) is 0 Å². The van der Waals surface area contributed by atoms with Gasteiger partial charge >= 0.3 is 0 Å². The fourth-order valence-electron chi connectivity index (χ4n) is 1.85. The average Bonchev–Trinajstić information content (AvgIpc) is 2.72. The third-order valence-corrected chi connectivity index (χ3v) is 2.69. The zero-order valence-electron chi connectivity index (χ0n) is 8.24. The molecule has 4 N–H and O–H groups in total. The maximum atomic E-state index is 6.11. The van der Waals surface area contributed by atoms with E-state index >= 15 is 0 Å². The van der Waals surface area contributed by atoms with Crippen LogP contribution in [0.5, 0.6) is 0 Å². The Hall–Kier alpha value is -0.900. The summed E-state index contributed by atoms with van der Waals surface area (Å²) in [7, 11) is 0. The highest BCUT2D eigenvalue weighted by molar-refractivity contribution is 5.18. The second kappa shape index (κ2) is 4.55. The lowest BCUT2D eigenvalue weighted by Gasteiger charge is -2.16. The van der Waals surface area contributed by atoms with Crippen LogP contribution in [0.25, 0.3) is 0 Å². The molecule has 14 heavy (non-hydrogen) atoms. The molecule has 1 aromatic carbocycles. The molecular formula is C11H17N3. The topological polar surface area (TPSA) is 50.1 Å². The van der Waals surface area contributed by atoms with Crippen molar-refractivity contribution in [3.8, 4) is 0 Å². The quantitative estimate of drug-likeness (QED) is 0.666. The molecule has 76 valence electrons. The SMILES string of the molecule is NC(CC1CCNN1)c1ccccc1. The molecule has 0 amide bonds. The van der Waals surface area contributed by atoms with Crippen LogP contribution in [0.1, 0.15) is 24.4 Å². The maximum Gasteiger partial charge on any atom is 0.0310 e. The molecule has 0 aromatic heterocycles. The molecule has 1 saturated heterocycles. The number of hydrazine groups is 1. The van der Waals surface area contributed by atoms with E-state index in [1.807, 2.05) is 18.2 Å². The molecule has 1 heterocycles. The molecule has 0 aliphatic carbocycles. The summed E-state index contributed by atoms with van der Waals surface area (Å²) in [5.74, 6) is 0. The number of hydrogen-bond donors (Lipinski definition) is 3. The van der Waals surface area contributed by atoms with Gasteiger partial charge in [0.15, 0.2) is 0 Å². The molecule has 2 unspecified atom stereocenters. The van der Waals surface area contributed by atoms with Gasteiger partial charge in [0.2, 0.25) is 0 Å². The van der Waals surface area contributed by atoms with E-state index in [4.69, 9.17) is 5.73 Å². The van der Waals surface area contributed by atoms with E-state index in [-0.39, 0.29) is 6.04 Å². The Kier molecular flexibility index (Phi) is 3.14. The Morgan fingerprint density at radius 1 is 1.36 bits per heavy atom. The first-order chi connectivity index (χ1) is 6.86. The van der Waals surface area contributed by atoms with E-state index in [1.54, 1.807) is 0 Å². The van der Waals surface area contributed by atoms with Crippen molar-refractivity contribution >= 4 is 0 Å². The van der Waals surface area contributed by atoms with Crippen LogP contribution in [-0.4, -0.2) is 12.6 Å². The van der Waals surface area contributed by atoms with E-state index in [1.165, 1.54) is 12.0 Å². The Balaban J connectivity index is 1.92. The largest absolute Gasteiger partial charge is 0.324 e. The lowest BCUT2D eigenvalue weighted by atomic mass is 9.99. The summed E-state index contributed by atoms with van der Waals surface area (Å²) < 4.78 is 0. The second-order valence-corrected chi connectivity index (χ2v) is 3.81. The predicted octanol–water partition coefficient (Wildman–Crippen LogP) is 0.943. The molecule has 3 heteroatoms. The molecule has 1 aliphatic rings. The first-order valence-electron chi connectivity index (χ1n) is 5.15. The van der Waals surface area contributed by atoms with Crippen LogP contribution in [-0.2, 0) is 0 Å². The fraction of sp³-hybridized carbons (Fsp3) is 0.455. The summed E-state index contributed by atoms with van der Waals surface area (Å²) >= 11 is 0. The highest BCUT2D eigenvalue weighted by Crippen LogP contribution is 2.17. The number of rotatable bonds is 3. The Bertz CT molecular complexity index is 267. The number of nitrogens with two attached hydrogens (primary N) is 1. The van der Waals surface area contributed by atoms with Crippen LogP contribution in [0.2, 0.25) is 0 Å². The molecule has 1 fully saturated rings. The first kappa shape index (κ1) is 9.65. The van der Waals surface area contributed by atoms with E-state index in [9.17, 15) is 0 Å². The van der Waals surface area contributed by atoms with Crippen LogP contribution in [0.15, 0.2) is 30.3 Å². The van der Waals surface area contributed by atoms with Gasteiger partial charge in [0, 0.05) is 18.6 Å². The van der Waals surface area contributed by atoms with E-state index in [2.05, 4.69) is 23.0 Å². The van der Waals surface area contributed by atoms with Gasteiger partial charge in [-0.3, -0.25) is 10.9 Å². The van der Waals surface area contributed by atoms with Crippen LogP contribution >= 0.6 is 0 Å². The third kappa shape index (κ3) is 2.32. The highest BCUT2D eigenvalue weighted by Gasteiger charge is 2.17. The summed E-state index contributed by atoms with van der Waals surface area (Å²) in [5, 5.41) is 0. The lowest BCUT2D eigenvalue weighted by Crippen LogP contribution is -2.32. The minimum Gasteiger partial charge on any atom is -0.324 e. The van der Waals surface area contributed by atoms with E-state index in [0.717, 1.165) is 13.0 Å². The fourth-order valence-corrected chi connectivity index (χ4v) is 1.85.